The summed E-state index contributed by atoms with van der Waals surface area (Å²) in [6.07, 6.45) is 5.42. The van der Waals surface area contributed by atoms with Crippen LogP contribution in [0.2, 0.25) is 0 Å². The summed E-state index contributed by atoms with van der Waals surface area (Å²) >= 11 is 0. The number of carboxylic acids is 1. The molecule has 1 atom stereocenters. The van der Waals surface area contributed by atoms with Gasteiger partial charge in [0.1, 0.15) is 0 Å². The predicted octanol–water partition coefficient (Wildman–Crippen LogP) is 1.06. The van der Waals surface area contributed by atoms with E-state index in [0.29, 0.717) is 24.7 Å². The smallest absolute Gasteiger partial charge is 0.358 e. The standard InChI is InChI=1S/C16H20N6O3/c1-20-14(10-4-5-10)7-12(18-20)15(23)21-6-2-3-11(8-21)22-9-13(16(24)25)17-19-22/h7,9-11H,2-6,8H2,1H3,(H,24,25). The normalized spacial score (nSPS) is 20.7. The number of rotatable bonds is 4. The van der Waals surface area contributed by atoms with Crippen molar-refractivity contribution in [1.82, 2.24) is 29.7 Å². The van der Waals surface area contributed by atoms with Crippen LogP contribution in [0.4, 0.5) is 0 Å². The van der Waals surface area contributed by atoms with E-state index < -0.39 is 5.97 Å². The molecule has 1 N–H and O–H groups in total. The van der Waals surface area contributed by atoms with Crippen LogP contribution in [0.3, 0.4) is 0 Å². The lowest BCUT2D eigenvalue weighted by molar-refractivity contribution is 0.0660. The number of aromatic nitrogens is 5. The highest BCUT2D eigenvalue weighted by molar-refractivity contribution is 5.92. The van der Waals surface area contributed by atoms with E-state index in [2.05, 4.69) is 15.4 Å². The van der Waals surface area contributed by atoms with Crippen molar-refractivity contribution in [2.75, 3.05) is 13.1 Å². The molecular formula is C16H20N6O3. The van der Waals surface area contributed by atoms with Crippen LogP contribution >= 0.6 is 0 Å². The molecule has 0 bridgehead atoms. The summed E-state index contributed by atoms with van der Waals surface area (Å²) in [6, 6.07) is 1.84. The van der Waals surface area contributed by atoms with Crippen LogP contribution in [0.1, 0.15) is 64.3 Å². The molecule has 1 saturated carbocycles. The molecule has 2 fully saturated rings. The number of piperidine rings is 1. The molecule has 1 unspecified atom stereocenters. The molecule has 4 rings (SSSR count). The third kappa shape index (κ3) is 3.01. The number of amides is 1. The second-order valence-electron chi connectivity index (χ2n) is 6.79. The SMILES string of the molecule is Cn1nc(C(=O)N2CCCC(n3cc(C(=O)O)nn3)C2)cc1C1CC1. The van der Waals surface area contributed by atoms with Crippen LogP contribution < -0.4 is 0 Å². The monoisotopic (exact) mass is 344 g/mol. The molecular weight excluding hydrogens is 324 g/mol. The second kappa shape index (κ2) is 5.98. The van der Waals surface area contributed by atoms with Gasteiger partial charge in [-0.1, -0.05) is 5.21 Å². The van der Waals surface area contributed by atoms with Crippen molar-refractivity contribution in [2.24, 2.45) is 7.05 Å². The van der Waals surface area contributed by atoms with Gasteiger partial charge >= 0.3 is 5.97 Å². The number of aromatic carboxylic acids is 1. The van der Waals surface area contributed by atoms with Gasteiger partial charge in [-0.15, -0.1) is 5.10 Å². The van der Waals surface area contributed by atoms with E-state index in [-0.39, 0.29) is 17.6 Å². The first-order valence-electron chi connectivity index (χ1n) is 8.51. The topological polar surface area (TPSA) is 106 Å². The summed E-state index contributed by atoms with van der Waals surface area (Å²) in [4.78, 5) is 25.5. The fraction of sp³-hybridized carbons (Fsp3) is 0.562. The number of carboxylic acid groups (broad SMARTS) is 1. The Labute approximate surface area is 144 Å². The van der Waals surface area contributed by atoms with Crippen LogP contribution in [-0.4, -0.2) is 59.7 Å². The van der Waals surface area contributed by atoms with Gasteiger partial charge in [0.05, 0.1) is 12.2 Å². The Morgan fingerprint density at radius 3 is 2.72 bits per heavy atom. The minimum atomic E-state index is -1.10. The van der Waals surface area contributed by atoms with Crippen molar-refractivity contribution in [3.8, 4) is 0 Å². The first kappa shape index (κ1) is 15.8. The van der Waals surface area contributed by atoms with E-state index in [1.807, 2.05) is 17.8 Å². The lowest BCUT2D eigenvalue weighted by atomic mass is 10.1. The Kier molecular flexibility index (Phi) is 3.78. The molecule has 0 spiro atoms. The Hall–Kier alpha value is -2.71. The van der Waals surface area contributed by atoms with Crippen molar-refractivity contribution >= 4 is 11.9 Å². The van der Waals surface area contributed by atoms with E-state index in [1.54, 1.807) is 9.58 Å². The van der Waals surface area contributed by atoms with Crippen molar-refractivity contribution in [3.63, 3.8) is 0 Å². The van der Waals surface area contributed by atoms with Gasteiger partial charge < -0.3 is 10.0 Å². The van der Waals surface area contributed by atoms with Crippen LogP contribution in [-0.2, 0) is 7.05 Å². The zero-order chi connectivity index (χ0) is 17.6. The Morgan fingerprint density at radius 1 is 1.24 bits per heavy atom. The third-order valence-electron chi connectivity index (χ3n) is 4.92. The number of carbonyl (C=O) groups excluding carboxylic acids is 1. The molecule has 3 heterocycles. The highest BCUT2D eigenvalue weighted by Gasteiger charge is 2.31. The zero-order valence-corrected chi connectivity index (χ0v) is 14.0. The first-order valence-corrected chi connectivity index (χ1v) is 8.51. The van der Waals surface area contributed by atoms with E-state index in [4.69, 9.17) is 5.11 Å². The van der Waals surface area contributed by atoms with Gasteiger partial charge in [0.15, 0.2) is 11.4 Å². The summed E-state index contributed by atoms with van der Waals surface area (Å²) in [5.41, 5.74) is 1.52. The second-order valence-corrected chi connectivity index (χ2v) is 6.79. The quantitative estimate of drug-likeness (QED) is 0.889. The van der Waals surface area contributed by atoms with E-state index >= 15 is 0 Å². The van der Waals surface area contributed by atoms with Gasteiger partial charge in [-0.3, -0.25) is 9.48 Å². The minimum absolute atomic E-state index is 0.0649. The third-order valence-corrected chi connectivity index (χ3v) is 4.92. The Morgan fingerprint density at radius 2 is 2.04 bits per heavy atom. The maximum Gasteiger partial charge on any atom is 0.358 e. The lowest BCUT2D eigenvalue weighted by Gasteiger charge is -2.32. The maximum atomic E-state index is 12.8. The number of carbonyl (C=O) groups is 2. The zero-order valence-electron chi connectivity index (χ0n) is 14.0. The van der Waals surface area contributed by atoms with E-state index in [1.165, 1.54) is 6.20 Å². The van der Waals surface area contributed by atoms with E-state index in [9.17, 15) is 9.59 Å². The highest BCUT2D eigenvalue weighted by Crippen LogP contribution is 2.40. The molecule has 1 aliphatic heterocycles. The molecule has 1 amide bonds. The summed E-state index contributed by atoms with van der Waals surface area (Å²) in [5.74, 6) is -0.639. The maximum absolute atomic E-state index is 12.8. The van der Waals surface area contributed by atoms with Crippen LogP contribution in [0, 0.1) is 0 Å². The van der Waals surface area contributed by atoms with Crippen molar-refractivity contribution in [1.29, 1.82) is 0 Å². The predicted molar refractivity (Wildman–Crippen MR) is 86.3 cm³/mol. The van der Waals surface area contributed by atoms with Crippen molar-refractivity contribution in [2.45, 2.75) is 37.6 Å². The number of hydrogen-bond acceptors (Lipinski definition) is 5. The molecule has 0 radical (unpaired) electrons. The minimum Gasteiger partial charge on any atom is -0.476 e. The Balaban J connectivity index is 1.49. The van der Waals surface area contributed by atoms with Crippen LogP contribution in [0.5, 0.6) is 0 Å². The fourth-order valence-electron chi connectivity index (χ4n) is 3.42. The van der Waals surface area contributed by atoms with Crippen molar-refractivity contribution < 1.29 is 14.7 Å². The number of aryl methyl sites for hydroxylation is 1. The molecule has 0 aromatic carbocycles. The molecule has 9 heteroatoms. The first-order chi connectivity index (χ1) is 12.0. The molecule has 2 aliphatic rings. The molecule has 2 aromatic heterocycles. The summed E-state index contributed by atoms with van der Waals surface area (Å²) in [7, 11) is 1.88. The average Bonchev–Trinajstić information content (AvgIpc) is 3.18. The van der Waals surface area contributed by atoms with Gasteiger partial charge in [0, 0.05) is 31.7 Å². The molecule has 25 heavy (non-hydrogen) atoms. The molecule has 1 aliphatic carbocycles. The fourth-order valence-corrected chi connectivity index (χ4v) is 3.42. The Bertz CT molecular complexity index is 822. The number of nitrogens with zero attached hydrogens (tertiary/aromatic N) is 6. The molecule has 2 aromatic rings. The van der Waals surface area contributed by atoms with Crippen molar-refractivity contribution in [3.05, 3.63) is 29.3 Å². The number of likely N-dealkylation sites (tertiary alicyclic amines) is 1. The lowest BCUT2D eigenvalue weighted by Crippen LogP contribution is -2.41. The highest BCUT2D eigenvalue weighted by atomic mass is 16.4. The van der Waals surface area contributed by atoms with Crippen LogP contribution in [0.25, 0.3) is 0 Å². The number of hydrogen-bond donors (Lipinski definition) is 1. The van der Waals surface area contributed by atoms with Gasteiger partial charge in [0.25, 0.3) is 5.91 Å². The largest absolute Gasteiger partial charge is 0.476 e. The molecule has 1 saturated heterocycles. The van der Waals surface area contributed by atoms with Crippen LogP contribution in [0.15, 0.2) is 12.3 Å². The average molecular weight is 344 g/mol. The van der Waals surface area contributed by atoms with Gasteiger partial charge in [-0.25, -0.2) is 9.48 Å². The van der Waals surface area contributed by atoms with Gasteiger partial charge in [0.2, 0.25) is 0 Å². The summed E-state index contributed by atoms with van der Waals surface area (Å²) in [5, 5.41) is 20.9. The summed E-state index contributed by atoms with van der Waals surface area (Å²) in [6.45, 7) is 1.15. The van der Waals surface area contributed by atoms with Gasteiger partial charge in [-0.05, 0) is 31.7 Å². The molecule has 132 valence electrons. The summed E-state index contributed by atoms with van der Waals surface area (Å²) < 4.78 is 3.36. The van der Waals surface area contributed by atoms with E-state index in [0.717, 1.165) is 31.4 Å². The molecule has 9 nitrogen and oxygen atoms in total. The van der Waals surface area contributed by atoms with Gasteiger partial charge in [-0.2, -0.15) is 5.10 Å².